The maximum atomic E-state index is 5.83. The Labute approximate surface area is 110 Å². The molecule has 0 bridgehead atoms. The quantitative estimate of drug-likeness (QED) is 0.722. The molecule has 0 aromatic heterocycles. The van der Waals surface area contributed by atoms with Crippen LogP contribution < -0.4 is 15.2 Å². The Hall–Kier alpha value is -1.22. The van der Waals surface area contributed by atoms with Gasteiger partial charge in [-0.15, -0.1) is 0 Å². The molecular formula is C15H25NO2. The molecule has 0 saturated heterocycles. The minimum absolute atomic E-state index is 0.621. The Kier molecular flexibility index (Phi) is 6.58. The summed E-state index contributed by atoms with van der Waals surface area (Å²) in [7, 11) is 1.67. The molecule has 0 heterocycles. The molecule has 0 saturated carbocycles. The van der Waals surface area contributed by atoms with E-state index < -0.39 is 0 Å². The minimum Gasteiger partial charge on any atom is -0.497 e. The molecule has 0 fully saturated rings. The van der Waals surface area contributed by atoms with Crippen molar-refractivity contribution in [1.82, 2.24) is 0 Å². The maximum absolute atomic E-state index is 5.83. The minimum atomic E-state index is 0.621. The monoisotopic (exact) mass is 251 g/mol. The number of nitrogens with two attached hydrogens (primary N) is 1. The largest absolute Gasteiger partial charge is 0.497 e. The molecule has 0 aliphatic heterocycles. The van der Waals surface area contributed by atoms with Crippen molar-refractivity contribution in [2.75, 3.05) is 20.3 Å². The fourth-order valence-corrected chi connectivity index (χ4v) is 1.85. The molecule has 18 heavy (non-hydrogen) atoms. The predicted octanol–water partition coefficient (Wildman–Crippen LogP) is 3.01. The molecule has 0 unspecified atom stereocenters. The lowest BCUT2D eigenvalue weighted by Crippen LogP contribution is -2.07. The first kappa shape index (κ1) is 14.8. The number of methoxy groups -OCH3 is 1. The molecule has 1 rings (SSSR count). The molecule has 0 atom stereocenters. The lowest BCUT2D eigenvalue weighted by Gasteiger charge is -2.13. The van der Waals surface area contributed by atoms with Crippen LogP contribution in [0.5, 0.6) is 11.5 Å². The van der Waals surface area contributed by atoms with Crippen molar-refractivity contribution in [3.05, 3.63) is 23.8 Å². The molecule has 102 valence electrons. The van der Waals surface area contributed by atoms with Crippen molar-refractivity contribution < 1.29 is 9.47 Å². The molecule has 3 heteroatoms. The highest BCUT2D eigenvalue weighted by atomic mass is 16.5. The summed E-state index contributed by atoms with van der Waals surface area (Å²) in [6.07, 6.45) is 3.10. The van der Waals surface area contributed by atoms with Crippen molar-refractivity contribution in [2.45, 2.75) is 33.1 Å². The predicted molar refractivity (Wildman–Crippen MR) is 75.3 cm³/mol. The van der Waals surface area contributed by atoms with E-state index in [1.165, 1.54) is 6.42 Å². The lowest BCUT2D eigenvalue weighted by atomic mass is 10.1. The summed E-state index contributed by atoms with van der Waals surface area (Å²) in [4.78, 5) is 0. The van der Waals surface area contributed by atoms with E-state index >= 15 is 0 Å². The first-order chi connectivity index (χ1) is 8.67. The van der Waals surface area contributed by atoms with Gasteiger partial charge >= 0.3 is 0 Å². The summed E-state index contributed by atoms with van der Waals surface area (Å²) in [6, 6.07) is 5.90. The zero-order valence-electron chi connectivity index (χ0n) is 11.7. The van der Waals surface area contributed by atoms with Crippen molar-refractivity contribution in [2.24, 2.45) is 11.7 Å². The van der Waals surface area contributed by atoms with Gasteiger partial charge in [-0.1, -0.05) is 13.8 Å². The van der Waals surface area contributed by atoms with Crippen LogP contribution >= 0.6 is 0 Å². The van der Waals surface area contributed by atoms with E-state index in [4.69, 9.17) is 15.2 Å². The van der Waals surface area contributed by atoms with Crippen LogP contribution in [-0.4, -0.2) is 20.3 Å². The molecule has 1 aromatic rings. The summed E-state index contributed by atoms with van der Waals surface area (Å²) in [5.74, 6) is 2.52. The zero-order valence-corrected chi connectivity index (χ0v) is 11.7. The molecule has 0 radical (unpaired) electrons. The number of benzene rings is 1. The third kappa shape index (κ3) is 4.96. The van der Waals surface area contributed by atoms with Crippen molar-refractivity contribution >= 4 is 0 Å². The Balaban J connectivity index is 2.57. The van der Waals surface area contributed by atoms with Crippen molar-refractivity contribution in [1.29, 1.82) is 0 Å². The summed E-state index contributed by atoms with van der Waals surface area (Å²) >= 11 is 0. The van der Waals surface area contributed by atoms with Gasteiger partial charge in [-0.25, -0.2) is 0 Å². The first-order valence-corrected chi connectivity index (χ1v) is 6.67. The maximum Gasteiger partial charge on any atom is 0.122 e. The highest BCUT2D eigenvalue weighted by Gasteiger charge is 2.05. The normalized spacial score (nSPS) is 10.7. The van der Waals surface area contributed by atoms with E-state index in [0.717, 1.165) is 42.4 Å². The third-order valence-electron chi connectivity index (χ3n) is 2.86. The molecule has 0 amide bonds. The fraction of sp³-hybridized carbons (Fsp3) is 0.600. The Bertz CT molecular complexity index is 350. The summed E-state index contributed by atoms with van der Waals surface area (Å²) in [6.45, 7) is 5.85. The van der Waals surface area contributed by atoms with Gasteiger partial charge in [-0.2, -0.15) is 0 Å². The second-order valence-corrected chi connectivity index (χ2v) is 4.90. The second-order valence-electron chi connectivity index (χ2n) is 4.90. The van der Waals surface area contributed by atoms with E-state index in [2.05, 4.69) is 13.8 Å². The third-order valence-corrected chi connectivity index (χ3v) is 2.86. The van der Waals surface area contributed by atoms with Crippen LogP contribution in [0.2, 0.25) is 0 Å². The van der Waals surface area contributed by atoms with Gasteiger partial charge in [0, 0.05) is 0 Å². The SMILES string of the molecule is COc1ccc(OCCCC(C)C)c(CCN)c1. The molecular weight excluding hydrogens is 226 g/mol. The molecule has 0 aliphatic carbocycles. The standard InChI is InChI=1S/C15H25NO2/c1-12(2)5-4-10-18-15-7-6-14(17-3)11-13(15)8-9-16/h6-7,11-12H,4-5,8-10,16H2,1-3H3. The molecule has 0 spiro atoms. The fourth-order valence-electron chi connectivity index (χ4n) is 1.85. The highest BCUT2D eigenvalue weighted by molar-refractivity contribution is 5.40. The number of rotatable bonds is 8. The van der Waals surface area contributed by atoms with Crippen molar-refractivity contribution in [3.8, 4) is 11.5 Å². The molecule has 1 aromatic carbocycles. The van der Waals surface area contributed by atoms with Crippen LogP contribution in [-0.2, 0) is 6.42 Å². The average Bonchev–Trinajstić information content (AvgIpc) is 2.36. The van der Waals surface area contributed by atoms with Crippen LogP contribution in [0.3, 0.4) is 0 Å². The zero-order chi connectivity index (χ0) is 13.4. The van der Waals surface area contributed by atoms with Gasteiger partial charge in [0.2, 0.25) is 0 Å². The van der Waals surface area contributed by atoms with Gasteiger partial charge in [0.25, 0.3) is 0 Å². The van der Waals surface area contributed by atoms with E-state index in [0.29, 0.717) is 6.54 Å². The van der Waals surface area contributed by atoms with E-state index in [9.17, 15) is 0 Å². The van der Waals surface area contributed by atoms with Crippen LogP contribution in [0.15, 0.2) is 18.2 Å². The number of hydrogen-bond acceptors (Lipinski definition) is 3. The Morgan fingerprint density at radius 3 is 2.67 bits per heavy atom. The lowest BCUT2D eigenvalue weighted by molar-refractivity contribution is 0.294. The van der Waals surface area contributed by atoms with Gasteiger partial charge in [-0.05, 0) is 55.5 Å². The summed E-state index contributed by atoms with van der Waals surface area (Å²) in [5.41, 5.74) is 6.75. The summed E-state index contributed by atoms with van der Waals surface area (Å²) < 4.78 is 11.0. The van der Waals surface area contributed by atoms with Crippen LogP contribution in [0.1, 0.15) is 32.3 Å². The Morgan fingerprint density at radius 2 is 2.06 bits per heavy atom. The average molecular weight is 251 g/mol. The van der Waals surface area contributed by atoms with Crippen LogP contribution in [0.25, 0.3) is 0 Å². The number of ether oxygens (including phenoxy) is 2. The van der Waals surface area contributed by atoms with Gasteiger partial charge in [0.15, 0.2) is 0 Å². The second kappa shape index (κ2) is 7.98. The van der Waals surface area contributed by atoms with Gasteiger partial charge in [0.1, 0.15) is 11.5 Å². The molecule has 3 nitrogen and oxygen atoms in total. The van der Waals surface area contributed by atoms with Crippen LogP contribution in [0, 0.1) is 5.92 Å². The van der Waals surface area contributed by atoms with E-state index in [-0.39, 0.29) is 0 Å². The van der Waals surface area contributed by atoms with E-state index in [1.54, 1.807) is 7.11 Å². The smallest absolute Gasteiger partial charge is 0.122 e. The molecule has 2 N–H and O–H groups in total. The topological polar surface area (TPSA) is 44.5 Å². The Morgan fingerprint density at radius 1 is 1.28 bits per heavy atom. The molecule has 0 aliphatic rings. The highest BCUT2D eigenvalue weighted by Crippen LogP contribution is 2.24. The van der Waals surface area contributed by atoms with Gasteiger partial charge in [0.05, 0.1) is 13.7 Å². The summed E-state index contributed by atoms with van der Waals surface area (Å²) in [5, 5.41) is 0. The van der Waals surface area contributed by atoms with Crippen molar-refractivity contribution in [3.63, 3.8) is 0 Å². The number of hydrogen-bond donors (Lipinski definition) is 1. The van der Waals surface area contributed by atoms with Gasteiger partial charge < -0.3 is 15.2 Å². The van der Waals surface area contributed by atoms with E-state index in [1.807, 2.05) is 18.2 Å². The van der Waals surface area contributed by atoms with Gasteiger partial charge in [-0.3, -0.25) is 0 Å². The first-order valence-electron chi connectivity index (χ1n) is 6.67. The van der Waals surface area contributed by atoms with Crippen LogP contribution in [0.4, 0.5) is 0 Å².